The SMILES string of the molecule is CC(Nc1cc(N)ccc1C(=O)O)C1CCCC1. The Morgan fingerprint density at radius 1 is 1.44 bits per heavy atom. The average Bonchev–Trinajstić information content (AvgIpc) is 2.81. The van der Waals surface area contributed by atoms with Crippen LogP contribution in [0.5, 0.6) is 0 Å². The van der Waals surface area contributed by atoms with Crippen LogP contribution in [0.25, 0.3) is 0 Å². The third-order valence-corrected chi connectivity index (χ3v) is 3.76. The number of carbonyl (C=O) groups is 1. The lowest BCUT2D eigenvalue weighted by molar-refractivity contribution is 0.0698. The second-order valence-electron chi connectivity index (χ2n) is 5.09. The molecular formula is C14H20N2O2. The molecule has 0 aromatic heterocycles. The molecule has 1 aromatic rings. The van der Waals surface area contributed by atoms with Crippen molar-refractivity contribution >= 4 is 17.3 Å². The minimum atomic E-state index is -0.920. The van der Waals surface area contributed by atoms with Gasteiger partial charge in [-0.15, -0.1) is 0 Å². The summed E-state index contributed by atoms with van der Waals surface area (Å²) in [6.07, 6.45) is 5.00. The number of rotatable bonds is 4. The summed E-state index contributed by atoms with van der Waals surface area (Å²) in [6, 6.07) is 5.16. The van der Waals surface area contributed by atoms with E-state index in [0.29, 0.717) is 17.3 Å². The van der Waals surface area contributed by atoms with Gasteiger partial charge in [0, 0.05) is 11.7 Å². The van der Waals surface area contributed by atoms with E-state index in [1.54, 1.807) is 18.2 Å². The second-order valence-corrected chi connectivity index (χ2v) is 5.09. The van der Waals surface area contributed by atoms with Crippen LogP contribution < -0.4 is 11.1 Å². The van der Waals surface area contributed by atoms with Crippen molar-refractivity contribution < 1.29 is 9.90 Å². The van der Waals surface area contributed by atoms with E-state index in [-0.39, 0.29) is 11.6 Å². The van der Waals surface area contributed by atoms with Crippen molar-refractivity contribution in [2.45, 2.75) is 38.6 Å². The summed E-state index contributed by atoms with van der Waals surface area (Å²) in [5, 5.41) is 12.5. The molecule has 1 saturated carbocycles. The molecular weight excluding hydrogens is 228 g/mol. The number of nitrogen functional groups attached to an aromatic ring is 1. The maximum atomic E-state index is 11.2. The first-order valence-corrected chi connectivity index (χ1v) is 6.47. The first kappa shape index (κ1) is 12.7. The van der Waals surface area contributed by atoms with Crippen LogP contribution in [0.1, 0.15) is 43.0 Å². The Morgan fingerprint density at radius 3 is 2.72 bits per heavy atom. The van der Waals surface area contributed by atoms with E-state index in [0.717, 1.165) is 0 Å². The highest BCUT2D eigenvalue weighted by Crippen LogP contribution is 2.30. The zero-order chi connectivity index (χ0) is 13.1. The molecule has 1 aromatic carbocycles. The number of anilines is 2. The standard InChI is InChI=1S/C14H20N2O2/c1-9(10-4-2-3-5-10)16-13-8-11(15)6-7-12(13)14(17)18/h6-10,16H,2-5,15H2,1H3,(H,17,18). The third kappa shape index (κ3) is 2.75. The van der Waals surface area contributed by atoms with Crippen molar-refractivity contribution in [2.75, 3.05) is 11.1 Å². The molecule has 1 aliphatic rings. The summed E-state index contributed by atoms with van der Waals surface area (Å²) in [5.41, 5.74) is 7.22. The Bertz CT molecular complexity index is 439. The topological polar surface area (TPSA) is 75.3 Å². The number of aromatic carboxylic acids is 1. The molecule has 0 aliphatic heterocycles. The highest BCUT2D eigenvalue weighted by atomic mass is 16.4. The fraction of sp³-hybridized carbons (Fsp3) is 0.500. The molecule has 98 valence electrons. The summed E-state index contributed by atoms with van der Waals surface area (Å²) in [6.45, 7) is 2.12. The van der Waals surface area contributed by atoms with Gasteiger partial charge in [0.1, 0.15) is 0 Å². The zero-order valence-electron chi connectivity index (χ0n) is 10.6. The van der Waals surface area contributed by atoms with E-state index < -0.39 is 5.97 Å². The van der Waals surface area contributed by atoms with Gasteiger partial charge in [0.05, 0.1) is 11.3 Å². The fourth-order valence-corrected chi connectivity index (χ4v) is 2.69. The Kier molecular flexibility index (Phi) is 3.75. The van der Waals surface area contributed by atoms with Crippen LogP contribution >= 0.6 is 0 Å². The van der Waals surface area contributed by atoms with Gasteiger partial charge in [-0.1, -0.05) is 12.8 Å². The number of nitrogens with two attached hydrogens (primary N) is 1. The molecule has 0 spiro atoms. The quantitative estimate of drug-likeness (QED) is 0.716. The van der Waals surface area contributed by atoms with Crippen LogP contribution in [0.4, 0.5) is 11.4 Å². The summed E-state index contributed by atoms with van der Waals surface area (Å²) < 4.78 is 0. The molecule has 1 aliphatic carbocycles. The van der Waals surface area contributed by atoms with Crippen LogP contribution in [-0.2, 0) is 0 Å². The van der Waals surface area contributed by atoms with Crippen LogP contribution in [0.2, 0.25) is 0 Å². The Balaban J connectivity index is 2.16. The predicted octanol–water partition coefficient (Wildman–Crippen LogP) is 2.96. The molecule has 0 amide bonds. The Labute approximate surface area is 107 Å². The largest absolute Gasteiger partial charge is 0.478 e. The maximum Gasteiger partial charge on any atom is 0.337 e. The Morgan fingerprint density at radius 2 is 2.11 bits per heavy atom. The van der Waals surface area contributed by atoms with Crippen molar-refractivity contribution in [3.63, 3.8) is 0 Å². The van der Waals surface area contributed by atoms with Gasteiger partial charge >= 0.3 is 5.97 Å². The van der Waals surface area contributed by atoms with Crippen molar-refractivity contribution in [2.24, 2.45) is 5.92 Å². The second kappa shape index (κ2) is 5.29. The molecule has 0 radical (unpaired) electrons. The molecule has 4 nitrogen and oxygen atoms in total. The van der Waals surface area contributed by atoms with Crippen LogP contribution in [0.3, 0.4) is 0 Å². The number of carboxylic acid groups (broad SMARTS) is 1. The molecule has 4 heteroatoms. The van der Waals surface area contributed by atoms with Gasteiger partial charge in [0.15, 0.2) is 0 Å². The van der Waals surface area contributed by atoms with Crippen molar-refractivity contribution in [3.8, 4) is 0 Å². The van der Waals surface area contributed by atoms with Gasteiger partial charge in [-0.2, -0.15) is 0 Å². The van der Waals surface area contributed by atoms with Gasteiger partial charge in [-0.05, 0) is 43.9 Å². The van der Waals surface area contributed by atoms with Crippen molar-refractivity contribution in [1.29, 1.82) is 0 Å². The molecule has 0 heterocycles. The predicted molar refractivity (Wildman–Crippen MR) is 72.9 cm³/mol. The first-order valence-electron chi connectivity index (χ1n) is 6.47. The molecule has 4 N–H and O–H groups in total. The first-order chi connectivity index (χ1) is 8.58. The lowest BCUT2D eigenvalue weighted by Gasteiger charge is -2.22. The Hall–Kier alpha value is -1.71. The minimum absolute atomic E-state index is 0.285. The molecule has 1 atom stereocenters. The van der Waals surface area contributed by atoms with Crippen LogP contribution in [0, 0.1) is 5.92 Å². The van der Waals surface area contributed by atoms with Crippen LogP contribution in [-0.4, -0.2) is 17.1 Å². The number of nitrogens with one attached hydrogen (secondary N) is 1. The summed E-state index contributed by atoms with van der Waals surface area (Å²) in [7, 11) is 0. The van der Waals surface area contributed by atoms with Gasteiger partial charge < -0.3 is 16.2 Å². The molecule has 0 bridgehead atoms. The third-order valence-electron chi connectivity index (χ3n) is 3.76. The van der Waals surface area contributed by atoms with Gasteiger partial charge in [-0.25, -0.2) is 4.79 Å². The highest BCUT2D eigenvalue weighted by Gasteiger charge is 2.22. The lowest BCUT2D eigenvalue weighted by atomic mass is 9.99. The lowest BCUT2D eigenvalue weighted by Crippen LogP contribution is -2.25. The maximum absolute atomic E-state index is 11.2. The van der Waals surface area contributed by atoms with Crippen molar-refractivity contribution in [3.05, 3.63) is 23.8 Å². The monoisotopic (exact) mass is 248 g/mol. The van der Waals surface area contributed by atoms with E-state index in [4.69, 9.17) is 10.8 Å². The normalized spacial score (nSPS) is 17.6. The van der Waals surface area contributed by atoms with E-state index in [2.05, 4.69) is 12.2 Å². The van der Waals surface area contributed by atoms with Crippen molar-refractivity contribution in [1.82, 2.24) is 0 Å². The zero-order valence-corrected chi connectivity index (χ0v) is 10.6. The molecule has 18 heavy (non-hydrogen) atoms. The van der Waals surface area contributed by atoms with E-state index in [1.165, 1.54) is 25.7 Å². The number of benzene rings is 1. The van der Waals surface area contributed by atoms with E-state index >= 15 is 0 Å². The average molecular weight is 248 g/mol. The van der Waals surface area contributed by atoms with E-state index in [1.807, 2.05) is 0 Å². The number of hydrogen-bond donors (Lipinski definition) is 3. The van der Waals surface area contributed by atoms with Gasteiger partial charge in [0.25, 0.3) is 0 Å². The summed E-state index contributed by atoms with van der Waals surface area (Å²) in [5.74, 6) is -0.288. The molecule has 2 rings (SSSR count). The number of hydrogen-bond acceptors (Lipinski definition) is 3. The summed E-state index contributed by atoms with van der Waals surface area (Å²) >= 11 is 0. The fourth-order valence-electron chi connectivity index (χ4n) is 2.69. The highest BCUT2D eigenvalue weighted by molar-refractivity contribution is 5.95. The van der Waals surface area contributed by atoms with Gasteiger partial charge in [-0.3, -0.25) is 0 Å². The number of carboxylic acids is 1. The molecule has 0 saturated heterocycles. The minimum Gasteiger partial charge on any atom is -0.478 e. The van der Waals surface area contributed by atoms with Crippen LogP contribution in [0.15, 0.2) is 18.2 Å². The smallest absolute Gasteiger partial charge is 0.337 e. The van der Waals surface area contributed by atoms with Gasteiger partial charge in [0.2, 0.25) is 0 Å². The van der Waals surface area contributed by atoms with E-state index in [9.17, 15) is 4.79 Å². The molecule has 1 fully saturated rings. The molecule has 1 unspecified atom stereocenters. The summed E-state index contributed by atoms with van der Waals surface area (Å²) in [4.78, 5) is 11.2.